The van der Waals surface area contributed by atoms with Crippen LogP contribution in [-0.4, -0.2) is 32.8 Å². The van der Waals surface area contributed by atoms with Gasteiger partial charge in [-0.1, -0.05) is 0 Å². The Morgan fingerprint density at radius 3 is 2.43 bits per heavy atom. The van der Waals surface area contributed by atoms with Crippen LogP contribution in [0.5, 0.6) is 0 Å². The lowest BCUT2D eigenvalue weighted by Crippen LogP contribution is -2.40. The van der Waals surface area contributed by atoms with Crippen LogP contribution in [0.25, 0.3) is 0 Å². The molecule has 0 amide bonds. The topological polar surface area (TPSA) is 58.2 Å². The molecule has 2 N–H and O–H groups in total. The largest absolute Gasteiger partial charge is 0.313 e. The van der Waals surface area contributed by atoms with Gasteiger partial charge in [0.2, 0.25) is 10.0 Å². The molecular formula is C14H20F2N2O2S. The van der Waals surface area contributed by atoms with Crippen molar-refractivity contribution in [3.05, 3.63) is 35.4 Å². The molecule has 1 fully saturated rings. The summed E-state index contributed by atoms with van der Waals surface area (Å²) in [6.07, 6.45) is 2.45. The van der Waals surface area contributed by atoms with Crippen molar-refractivity contribution in [3.8, 4) is 0 Å². The zero-order valence-corrected chi connectivity index (χ0v) is 12.7. The summed E-state index contributed by atoms with van der Waals surface area (Å²) in [6.45, 7) is 2.17. The first-order valence-corrected chi connectivity index (χ1v) is 8.58. The van der Waals surface area contributed by atoms with Gasteiger partial charge in [-0.2, -0.15) is 0 Å². The minimum Gasteiger partial charge on any atom is -0.313 e. The molecule has 0 aromatic heterocycles. The first-order valence-electron chi connectivity index (χ1n) is 7.03. The standard InChI is InChI=1S/C14H20F2N2O2S/c1-10(9-17-14-2-3-14)21(19,20)18-5-4-11-6-12(15)8-13(16)7-11/h6-8,10,14,17-18H,2-5,9H2,1H3. The van der Waals surface area contributed by atoms with E-state index in [4.69, 9.17) is 0 Å². The Morgan fingerprint density at radius 1 is 1.24 bits per heavy atom. The van der Waals surface area contributed by atoms with E-state index in [0.29, 0.717) is 18.2 Å². The van der Waals surface area contributed by atoms with Crippen LogP contribution in [0.15, 0.2) is 18.2 Å². The fourth-order valence-corrected chi connectivity index (χ4v) is 2.95. The molecule has 1 atom stereocenters. The van der Waals surface area contributed by atoms with E-state index in [1.807, 2.05) is 0 Å². The summed E-state index contributed by atoms with van der Waals surface area (Å²) in [7, 11) is -3.42. The molecule has 21 heavy (non-hydrogen) atoms. The van der Waals surface area contributed by atoms with Crippen molar-refractivity contribution in [2.45, 2.75) is 37.5 Å². The lowest BCUT2D eigenvalue weighted by molar-refractivity contribution is 0.556. The third kappa shape index (κ3) is 5.33. The molecule has 0 aliphatic heterocycles. The van der Waals surface area contributed by atoms with Crippen molar-refractivity contribution in [2.24, 2.45) is 0 Å². The number of halogens is 2. The Balaban J connectivity index is 1.80. The third-order valence-corrected chi connectivity index (χ3v) is 5.27. The average molecular weight is 318 g/mol. The summed E-state index contributed by atoms with van der Waals surface area (Å²) in [6, 6.07) is 3.66. The molecule has 118 valence electrons. The first-order chi connectivity index (χ1) is 9.87. The molecule has 1 unspecified atom stereocenters. The van der Waals surface area contributed by atoms with Crippen LogP contribution in [0, 0.1) is 11.6 Å². The molecule has 1 saturated carbocycles. The molecular weight excluding hydrogens is 298 g/mol. The fourth-order valence-electron chi connectivity index (χ4n) is 1.96. The monoisotopic (exact) mass is 318 g/mol. The quantitative estimate of drug-likeness (QED) is 0.765. The smallest absolute Gasteiger partial charge is 0.215 e. The Labute approximate surface area is 124 Å². The molecule has 0 radical (unpaired) electrons. The second-order valence-electron chi connectivity index (χ2n) is 5.46. The molecule has 4 nitrogen and oxygen atoms in total. The van der Waals surface area contributed by atoms with Crippen LogP contribution >= 0.6 is 0 Å². The number of rotatable bonds is 8. The van der Waals surface area contributed by atoms with Gasteiger partial charge in [-0.25, -0.2) is 21.9 Å². The highest BCUT2D eigenvalue weighted by atomic mass is 32.2. The van der Waals surface area contributed by atoms with Gasteiger partial charge in [0.25, 0.3) is 0 Å². The summed E-state index contributed by atoms with van der Waals surface area (Å²) in [5.74, 6) is -1.32. The van der Waals surface area contributed by atoms with Crippen molar-refractivity contribution >= 4 is 10.0 Å². The molecule has 2 rings (SSSR count). The van der Waals surface area contributed by atoms with Gasteiger partial charge in [0.15, 0.2) is 0 Å². The van der Waals surface area contributed by atoms with Gasteiger partial charge in [0, 0.05) is 25.2 Å². The van der Waals surface area contributed by atoms with E-state index in [0.717, 1.165) is 18.9 Å². The van der Waals surface area contributed by atoms with Crippen molar-refractivity contribution in [3.63, 3.8) is 0 Å². The number of hydrogen-bond acceptors (Lipinski definition) is 3. The Hall–Kier alpha value is -1.05. The van der Waals surface area contributed by atoms with Gasteiger partial charge in [-0.05, 0) is 43.9 Å². The van der Waals surface area contributed by atoms with Crippen LogP contribution < -0.4 is 10.0 Å². The molecule has 7 heteroatoms. The molecule has 1 aromatic carbocycles. The lowest BCUT2D eigenvalue weighted by Gasteiger charge is -2.14. The predicted molar refractivity (Wildman–Crippen MR) is 77.5 cm³/mol. The summed E-state index contributed by atoms with van der Waals surface area (Å²) in [5, 5.41) is 2.63. The SMILES string of the molecule is CC(CNC1CC1)S(=O)(=O)NCCc1cc(F)cc(F)c1. The van der Waals surface area contributed by atoms with Gasteiger partial charge >= 0.3 is 0 Å². The zero-order chi connectivity index (χ0) is 15.5. The van der Waals surface area contributed by atoms with E-state index in [-0.39, 0.29) is 13.0 Å². The van der Waals surface area contributed by atoms with Crippen LogP contribution in [-0.2, 0) is 16.4 Å². The van der Waals surface area contributed by atoms with E-state index >= 15 is 0 Å². The summed E-state index contributed by atoms with van der Waals surface area (Å²) in [4.78, 5) is 0. The summed E-state index contributed by atoms with van der Waals surface area (Å²) < 4.78 is 52.5. The van der Waals surface area contributed by atoms with E-state index in [9.17, 15) is 17.2 Å². The fraction of sp³-hybridized carbons (Fsp3) is 0.571. The second kappa shape index (κ2) is 6.81. The number of sulfonamides is 1. The zero-order valence-electron chi connectivity index (χ0n) is 11.9. The van der Waals surface area contributed by atoms with Crippen molar-refractivity contribution in [1.82, 2.24) is 10.0 Å². The van der Waals surface area contributed by atoms with Gasteiger partial charge < -0.3 is 5.32 Å². The second-order valence-corrected chi connectivity index (χ2v) is 7.64. The van der Waals surface area contributed by atoms with Crippen LogP contribution in [0.2, 0.25) is 0 Å². The van der Waals surface area contributed by atoms with Gasteiger partial charge in [-0.3, -0.25) is 0 Å². The Kier molecular flexibility index (Phi) is 5.29. The maximum atomic E-state index is 13.0. The Bertz CT molecular complexity index is 568. The van der Waals surface area contributed by atoms with Crippen molar-refractivity contribution < 1.29 is 17.2 Å². The van der Waals surface area contributed by atoms with E-state index in [1.165, 1.54) is 12.1 Å². The molecule has 1 aliphatic rings. The van der Waals surface area contributed by atoms with Crippen molar-refractivity contribution in [2.75, 3.05) is 13.1 Å². The van der Waals surface area contributed by atoms with Crippen LogP contribution in [0.1, 0.15) is 25.3 Å². The highest BCUT2D eigenvalue weighted by Crippen LogP contribution is 2.18. The number of benzene rings is 1. The van der Waals surface area contributed by atoms with Gasteiger partial charge in [0.1, 0.15) is 11.6 Å². The van der Waals surface area contributed by atoms with E-state index in [2.05, 4.69) is 10.0 Å². The number of hydrogen-bond donors (Lipinski definition) is 2. The normalized spacial score (nSPS) is 16.9. The lowest BCUT2D eigenvalue weighted by atomic mass is 10.1. The van der Waals surface area contributed by atoms with Crippen molar-refractivity contribution in [1.29, 1.82) is 0 Å². The molecule has 1 aliphatic carbocycles. The highest BCUT2D eigenvalue weighted by molar-refractivity contribution is 7.90. The van der Waals surface area contributed by atoms with Crippen LogP contribution in [0.4, 0.5) is 8.78 Å². The summed E-state index contributed by atoms with van der Waals surface area (Å²) in [5.41, 5.74) is 0.430. The predicted octanol–water partition coefficient (Wildman–Crippen LogP) is 1.57. The average Bonchev–Trinajstić information content (AvgIpc) is 3.18. The maximum Gasteiger partial charge on any atom is 0.215 e. The van der Waals surface area contributed by atoms with Crippen LogP contribution in [0.3, 0.4) is 0 Å². The molecule has 0 heterocycles. The Morgan fingerprint density at radius 2 is 1.86 bits per heavy atom. The summed E-state index contributed by atoms with van der Waals surface area (Å²) >= 11 is 0. The highest BCUT2D eigenvalue weighted by Gasteiger charge is 2.25. The van der Waals surface area contributed by atoms with E-state index < -0.39 is 26.9 Å². The molecule has 0 bridgehead atoms. The molecule has 0 saturated heterocycles. The number of nitrogens with one attached hydrogen (secondary N) is 2. The minimum atomic E-state index is -3.42. The minimum absolute atomic E-state index is 0.124. The third-order valence-electron chi connectivity index (χ3n) is 3.44. The van der Waals surface area contributed by atoms with Gasteiger partial charge in [-0.15, -0.1) is 0 Å². The van der Waals surface area contributed by atoms with E-state index in [1.54, 1.807) is 6.92 Å². The molecule has 1 aromatic rings. The first kappa shape index (κ1) is 16.3. The molecule has 0 spiro atoms. The maximum absolute atomic E-state index is 13.0. The van der Waals surface area contributed by atoms with Gasteiger partial charge in [0.05, 0.1) is 5.25 Å².